The lowest BCUT2D eigenvalue weighted by atomic mass is 9.76. The van der Waals surface area contributed by atoms with Crippen molar-refractivity contribution in [2.24, 2.45) is 5.41 Å². The third kappa shape index (κ3) is 2.43. The summed E-state index contributed by atoms with van der Waals surface area (Å²) in [5.74, 6) is -0.197. The number of rotatable bonds is 4. The molecule has 18 heavy (non-hydrogen) atoms. The molecule has 0 unspecified atom stereocenters. The van der Waals surface area contributed by atoms with Crippen LogP contribution in [0.4, 0.5) is 0 Å². The Morgan fingerprint density at radius 1 is 1.56 bits per heavy atom. The summed E-state index contributed by atoms with van der Waals surface area (Å²) in [6.45, 7) is 6.75. The van der Waals surface area contributed by atoms with Crippen molar-refractivity contribution in [1.29, 1.82) is 0 Å². The maximum atomic E-state index is 12.1. The minimum atomic E-state index is -0.764. The number of fused-ring (bicyclic) bond motifs is 1. The summed E-state index contributed by atoms with van der Waals surface area (Å²) in [5, 5.41) is 0. The van der Waals surface area contributed by atoms with Gasteiger partial charge in [-0.25, -0.2) is 0 Å². The molecule has 0 bridgehead atoms. The zero-order valence-electron chi connectivity index (χ0n) is 11.4. The molecule has 0 aromatic rings. The minimum Gasteiger partial charge on any atom is -0.457 e. The van der Waals surface area contributed by atoms with Crippen LogP contribution < -0.4 is 0 Å². The summed E-state index contributed by atoms with van der Waals surface area (Å²) in [6, 6.07) is 0. The van der Waals surface area contributed by atoms with Crippen LogP contribution in [0.3, 0.4) is 0 Å². The molecule has 0 N–H and O–H groups in total. The van der Waals surface area contributed by atoms with Crippen LogP contribution in [0.15, 0.2) is 0 Å². The summed E-state index contributed by atoms with van der Waals surface area (Å²) in [4.78, 5) is 12.1. The Labute approximate surface area is 110 Å². The summed E-state index contributed by atoms with van der Waals surface area (Å²) in [5.41, 5.74) is -1.23. The molecule has 2 heterocycles. The lowest BCUT2D eigenvalue weighted by molar-refractivity contribution is -0.164. The van der Waals surface area contributed by atoms with E-state index in [1.54, 1.807) is 0 Å². The first-order chi connectivity index (χ1) is 8.39. The van der Waals surface area contributed by atoms with Crippen molar-refractivity contribution in [2.75, 3.05) is 13.2 Å². The Balaban J connectivity index is 1.96. The van der Waals surface area contributed by atoms with Gasteiger partial charge in [0.2, 0.25) is 0 Å². The lowest BCUT2D eigenvalue weighted by Gasteiger charge is -2.27. The summed E-state index contributed by atoms with van der Waals surface area (Å²) >= 11 is 0. The molecule has 0 saturated carbocycles. The van der Waals surface area contributed by atoms with E-state index in [1.807, 2.05) is 13.8 Å². The van der Waals surface area contributed by atoms with Crippen LogP contribution >= 0.6 is 0 Å². The highest BCUT2D eigenvalue weighted by atomic mass is 16.6. The Morgan fingerprint density at radius 2 is 2.28 bits per heavy atom. The summed E-state index contributed by atoms with van der Waals surface area (Å²) in [7, 11) is 6.06. The van der Waals surface area contributed by atoms with Gasteiger partial charge in [0.1, 0.15) is 14.0 Å². The van der Waals surface area contributed by atoms with E-state index in [0.717, 1.165) is 12.8 Å². The van der Waals surface area contributed by atoms with Gasteiger partial charge in [-0.2, -0.15) is 0 Å². The highest BCUT2D eigenvalue weighted by Crippen LogP contribution is 2.37. The maximum absolute atomic E-state index is 12.1. The van der Waals surface area contributed by atoms with E-state index in [2.05, 4.69) is 6.92 Å². The molecule has 2 aliphatic heterocycles. The zero-order chi connectivity index (χ0) is 13.4. The average Bonchev–Trinajstić information content (AvgIpc) is 2.78. The Morgan fingerprint density at radius 3 is 2.94 bits per heavy atom. The van der Waals surface area contributed by atoms with Crippen LogP contribution in [-0.4, -0.2) is 44.7 Å². The molecule has 2 rings (SSSR count). The monoisotopic (exact) mass is 252 g/mol. The number of ether oxygens (including phenoxy) is 3. The van der Waals surface area contributed by atoms with Gasteiger partial charge in [-0.15, -0.1) is 0 Å². The molecule has 2 aliphatic rings. The topological polar surface area (TPSA) is 44.8 Å². The molecule has 3 atom stereocenters. The Kier molecular flexibility index (Phi) is 3.74. The van der Waals surface area contributed by atoms with Gasteiger partial charge in [-0.05, 0) is 26.7 Å². The van der Waals surface area contributed by atoms with Gasteiger partial charge in [0.25, 0.3) is 0 Å². The van der Waals surface area contributed by atoms with E-state index in [-0.39, 0.29) is 18.2 Å². The summed E-state index contributed by atoms with van der Waals surface area (Å²) < 4.78 is 16.6. The van der Waals surface area contributed by atoms with Crippen LogP contribution in [0.5, 0.6) is 0 Å². The molecule has 2 saturated heterocycles. The van der Waals surface area contributed by atoms with E-state index in [1.165, 1.54) is 0 Å². The standard InChI is InChI=1S/C13H21BO4/c1-4-5-12(2,3)11(15)18-9-8-17-13(14)6-7-16-10(9)13/h9-10H,4-8H2,1-3H3/t9-,10+,13+/m0/s1. The maximum Gasteiger partial charge on any atom is 0.311 e. The zero-order valence-corrected chi connectivity index (χ0v) is 11.4. The molecule has 2 fully saturated rings. The van der Waals surface area contributed by atoms with Crippen LogP contribution in [0.2, 0.25) is 0 Å². The Bertz CT molecular complexity index is 331. The normalized spacial score (nSPS) is 35.5. The van der Waals surface area contributed by atoms with E-state index >= 15 is 0 Å². The highest BCUT2D eigenvalue weighted by Gasteiger charge is 2.52. The second kappa shape index (κ2) is 4.85. The molecular weight excluding hydrogens is 231 g/mol. The average molecular weight is 252 g/mol. The third-order valence-electron chi connectivity index (χ3n) is 3.81. The van der Waals surface area contributed by atoms with Crippen molar-refractivity contribution in [3.8, 4) is 0 Å². The van der Waals surface area contributed by atoms with E-state index < -0.39 is 10.9 Å². The van der Waals surface area contributed by atoms with E-state index in [4.69, 9.17) is 22.1 Å². The highest BCUT2D eigenvalue weighted by molar-refractivity contribution is 6.15. The van der Waals surface area contributed by atoms with Crippen LogP contribution in [0, 0.1) is 5.41 Å². The largest absolute Gasteiger partial charge is 0.457 e. The molecular formula is C13H21BO4. The third-order valence-corrected chi connectivity index (χ3v) is 3.81. The second-order valence-electron chi connectivity index (χ2n) is 5.88. The Hall–Kier alpha value is -0.545. The van der Waals surface area contributed by atoms with Crippen LogP contribution in [0.1, 0.15) is 40.0 Å². The number of carbonyl (C=O) groups is 1. The van der Waals surface area contributed by atoms with Crippen molar-refractivity contribution < 1.29 is 19.0 Å². The number of carbonyl (C=O) groups excluding carboxylic acids is 1. The van der Waals surface area contributed by atoms with Crippen molar-refractivity contribution in [3.63, 3.8) is 0 Å². The lowest BCUT2D eigenvalue weighted by Crippen LogP contribution is -2.42. The van der Waals surface area contributed by atoms with Crippen LogP contribution in [0.25, 0.3) is 0 Å². The smallest absolute Gasteiger partial charge is 0.311 e. The fourth-order valence-electron chi connectivity index (χ4n) is 2.65. The molecule has 2 radical (unpaired) electrons. The molecule has 0 aliphatic carbocycles. The van der Waals surface area contributed by atoms with Crippen molar-refractivity contribution in [3.05, 3.63) is 0 Å². The van der Waals surface area contributed by atoms with Crippen molar-refractivity contribution in [1.82, 2.24) is 0 Å². The quantitative estimate of drug-likeness (QED) is 0.560. The molecule has 100 valence electrons. The predicted molar refractivity (Wildman–Crippen MR) is 67.4 cm³/mol. The van der Waals surface area contributed by atoms with E-state index in [9.17, 15) is 4.79 Å². The van der Waals surface area contributed by atoms with Gasteiger partial charge in [0.05, 0.1) is 17.5 Å². The number of hydrogen-bond acceptors (Lipinski definition) is 4. The number of esters is 1. The van der Waals surface area contributed by atoms with Crippen LogP contribution in [-0.2, 0) is 19.0 Å². The fourth-order valence-corrected chi connectivity index (χ4v) is 2.65. The molecule has 5 heteroatoms. The molecule has 0 aromatic carbocycles. The minimum absolute atomic E-state index is 0.197. The fraction of sp³-hybridized carbons (Fsp3) is 0.923. The molecule has 0 aromatic heterocycles. The van der Waals surface area contributed by atoms with E-state index in [0.29, 0.717) is 19.6 Å². The second-order valence-corrected chi connectivity index (χ2v) is 5.88. The van der Waals surface area contributed by atoms with Gasteiger partial charge in [-0.1, -0.05) is 13.3 Å². The van der Waals surface area contributed by atoms with Crippen molar-refractivity contribution in [2.45, 2.75) is 57.7 Å². The van der Waals surface area contributed by atoms with Gasteiger partial charge in [0, 0.05) is 6.61 Å². The number of hydrogen-bond donors (Lipinski definition) is 0. The van der Waals surface area contributed by atoms with Crippen molar-refractivity contribution >= 4 is 13.8 Å². The first kappa shape index (κ1) is 13.9. The summed E-state index contributed by atoms with van der Waals surface area (Å²) in [6.07, 6.45) is 1.72. The molecule has 0 spiro atoms. The van der Waals surface area contributed by atoms with Gasteiger partial charge < -0.3 is 14.2 Å². The molecule has 4 nitrogen and oxygen atoms in total. The van der Waals surface area contributed by atoms with Gasteiger partial charge >= 0.3 is 5.97 Å². The SMILES string of the molecule is [B][C@@]12CCO[C@@H]1[C@@H](OC(=O)C(C)(C)CCC)CO2. The first-order valence-corrected chi connectivity index (χ1v) is 6.64. The van der Waals surface area contributed by atoms with Gasteiger partial charge in [-0.3, -0.25) is 4.79 Å². The first-order valence-electron chi connectivity index (χ1n) is 6.64. The predicted octanol–water partition coefficient (Wildman–Crippen LogP) is 1.41. The van der Waals surface area contributed by atoms with Gasteiger partial charge in [0.15, 0.2) is 6.10 Å². The molecule has 0 amide bonds.